The van der Waals surface area contributed by atoms with E-state index in [2.05, 4.69) is 22.5 Å². The Labute approximate surface area is 140 Å². The number of benzene rings is 2. The maximum atomic E-state index is 11.6. The molecule has 1 aliphatic heterocycles. The third-order valence-electron chi connectivity index (χ3n) is 3.50. The van der Waals surface area contributed by atoms with E-state index in [9.17, 15) is 9.59 Å². The van der Waals surface area contributed by atoms with E-state index in [1.807, 2.05) is 48.5 Å². The number of alkyl carbamates (subject to hydrolysis) is 1. The molecule has 2 amide bonds. The first-order valence-electron chi connectivity index (χ1n) is 7.57. The Bertz CT molecular complexity index is 819. The van der Waals surface area contributed by atoms with Gasteiger partial charge in [-0.3, -0.25) is 4.79 Å². The highest BCUT2D eigenvalue weighted by Gasteiger charge is 2.16. The summed E-state index contributed by atoms with van der Waals surface area (Å²) in [5.74, 6) is 5.80. The highest BCUT2D eigenvalue weighted by Crippen LogP contribution is 2.23. The van der Waals surface area contributed by atoms with Gasteiger partial charge < -0.3 is 15.4 Å². The zero-order chi connectivity index (χ0) is 16.8. The lowest BCUT2D eigenvalue weighted by Crippen LogP contribution is -2.24. The lowest BCUT2D eigenvalue weighted by atomic mass is 10.1. The molecule has 0 aliphatic carbocycles. The van der Waals surface area contributed by atoms with Gasteiger partial charge in [0.05, 0.1) is 13.0 Å². The Kier molecular flexibility index (Phi) is 4.78. The number of carbonyl (C=O) groups excluding carboxylic acids is 2. The van der Waals surface area contributed by atoms with Gasteiger partial charge in [-0.05, 0) is 23.3 Å². The number of carbonyl (C=O) groups is 2. The molecule has 24 heavy (non-hydrogen) atoms. The Morgan fingerprint density at radius 3 is 2.88 bits per heavy atom. The van der Waals surface area contributed by atoms with Crippen LogP contribution in [0, 0.1) is 11.8 Å². The van der Waals surface area contributed by atoms with Crippen molar-refractivity contribution in [3.05, 3.63) is 65.2 Å². The topological polar surface area (TPSA) is 67.4 Å². The molecule has 5 nitrogen and oxygen atoms in total. The minimum atomic E-state index is -0.505. The maximum Gasteiger partial charge on any atom is 0.408 e. The summed E-state index contributed by atoms with van der Waals surface area (Å²) in [7, 11) is 0. The molecule has 0 radical (unpaired) electrons. The molecule has 0 aromatic heterocycles. The first-order chi connectivity index (χ1) is 11.7. The summed E-state index contributed by atoms with van der Waals surface area (Å²) in [5.41, 5.74) is 3.50. The standard InChI is InChI=1S/C19H16N2O3/c22-18-12-16-9-8-14(11-17(16)21-18)7-4-10-20-19(23)24-13-15-5-2-1-3-6-15/h1-3,5-6,8-9,11H,10,12-13H2,(H,20,23)(H,21,22). The minimum absolute atomic E-state index is 0.00191. The van der Waals surface area contributed by atoms with E-state index < -0.39 is 6.09 Å². The van der Waals surface area contributed by atoms with E-state index in [-0.39, 0.29) is 19.1 Å². The molecule has 2 aromatic rings. The zero-order valence-corrected chi connectivity index (χ0v) is 13.0. The van der Waals surface area contributed by atoms with E-state index in [0.29, 0.717) is 6.42 Å². The van der Waals surface area contributed by atoms with E-state index in [1.54, 1.807) is 0 Å². The second-order valence-electron chi connectivity index (χ2n) is 5.31. The van der Waals surface area contributed by atoms with Crippen molar-refractivity contribution < 1.29 is 14.3 Å². The molecule has 5 heteroatoms. The maximum absolute atomic E-state index is 11.6. The van der Waals surface area contributed by atoms with Gasteiger partial charge in [-0.15, -0.1) is 0 Å². The van der Waals surface area contributed by atoms with Crippen molar-refractivity contribution >= 4 is 17.7 Å². The van der Waals surface area contributed by atoms with Crippen LogP contribution in [0.4, 0.5) is 10.5 Å². The van der Waals surface area contributed by atoms with Crippen LogP contribution in [0.2, 0.25) is 0 Å². The molecule has 3 rings (SSSR count). The average Bonchev–Trinajstić information content (AvgIpc) is 2.97. The normalized spacial score (nSPS) is 11.8. The molecule has 0 saturated heterocycles. The summed E-state index contributed by atoms with van der Waals surface area (Å²) in [4.78, 5) is 22.9. The van der Waals surface area contributed by atoms with Crippen LogP contribution in [-0.4, -0.2) is 18.5 Å². The van der Waals surface area contributed by atoms with Crippen molar-refractivity contribution in [1.29, 1.82) is 0 Å². The quantitative estimate of drug-likeness (QED) is 0.854. The number of anilines is 1. The predicted octanol–water partition coefficient (Wildman–Crippen LogP) is 2.46. The average molecular weight is 320 g/mol. The second-order valence-corrected chi connectivity index (χ2v) is 5.31. The van der Waals surface area contributed by atoms with Crippen molar-refractivity contribution in [3.63, 3.8) is 0 Å². The molecule has 0 bridgehead atoms. The van der Waals surface area contributed by atoms with Gasteiger partial charge in [-0.1, -0.05) is 48.2 Å². The van der Waals surface area contributed by atoms with Crippen LogP contribution in [0.25, 0.3) is 0 Å². The summed E-state index contributed by atoms with van der Waals surface area (Å²) >= 11 is 0. The Morgan fingerprint density at radius 1 is 1.21 bits per heavy atom. The molecular formula is C19H16N2O3. The molecule has 1 heterocycles. The molecule has 0 unspecified atom stereocenters. The van der Waals surface area contributed by atoms with Crippen LogP contribution < -0.4 is 10.6 Å². The van der Waals surface area contributed by atoms with E-state index >= 15 is 0 Å². The van der Waals surface area contributed by atoms with Gasteiger partial charge in [0.25, 0.3) is 0 Å². The smallest absolute Gasteiger partial charge is 0.408 e. The summed E-state index contributed by atoms with van der Waals surface area (Å²) < 4.78 is 5.09. The largest absolute Gasteiger partial charge is 0.445 e. The second kappa shape index (κ2) is 7.34. The van der Waals surface area contributed by atoms with Gasteiger partial charge in [0.2, 0.25) is 5.91 Å². The van der Waals surface area contributed by atoms with Crippen LogP contribution in [0.3, 0.4) is 0 Å². The van der Waals surface area contributed by atoms with Crippen molar-refractivity contribution in [2.24, 2.45) is 0 Å². The van der Waals surface area contributed by atoms with Crippen molar-refractivity contribution in [3.8, 4) is 11.8 Å². The number of nitrogens with one attached hydrogen (secondary N) is 2. The fourth-order valence-corrected chi connectivity index (χ4v) is 2.33. The molecule has 0 fully saturated rings. The third-order valence-corrected chi connectivity index (χ3v) is 3.50. The first-order valence-corrected chi connectivity index (χ1v) is 7.57. The molecule has 2 aromatic carbocycles. The van der Waals surface area contributed by atoms with E-state index in [0.717, 1.165) is 22.4 Å². The molecule has 0 spiro atoms. The number of fused-ring (bicyclic) bond motifs is 1. The Morgan fingerprint density at radius 2 is 2.04 bits per heavy atom. The summed E-state index contributed by atoms with van der Waals surface area (Å²) in [6.45, 7) is 0.418. The van der Waals surface area contributed by atoms with Crippen molar-refractivity contribution in [2.45, 2.75) is 13.0 Å². The SMILES string of the molecule is O=C1Cc2ccc(C#CCNC(=O)OCc3ccccc3)cc2N1. The first kappa shape index (κ1) is 15.6. The predicted molar refractivity (Wildman–Crippen MR) is 90.3 cm³/mol. The van der Waals surface area contributed by atoms with Crippen LogP contribution in [-0.2, 0) is 22.6 Å². The van der Waals surface area contributed by atoms with Crippen molar-refractivity contribution in [2.75, 3.05) is 11.9 Å². The molecule has 0 saturated carbocycles. The van der Waals surface area contributed by atoms with Crippen LogP contribution in [0.5, 0.6) is 0 Å². The summed E-state index contributed by atoms with van der Waals surface area (Å²) in [6.07, 6.45) is -0.0907. The fraction of sp³-hybridized carbons (Fsp3) is 0.158. The van der Waals surface area contributed by atoms with Crippen LogP contribution in [0.1, 0.15) is 16.7 Å². The van der Waals surface area contributed by atoms with Crippen LogP contribution in [0.15, 0.2) is 48.5 Å². The summed E-state index contributed by atoms with van der Waals surface area (Å²) in [6, 6.07) is 15.0. The number of ether oxygens (including phenoxy) is 1. The number of rotatable bonds is 3. The highest BCUT2D eigenvalue weighted by atomic mass is 16.5. The molecule has 120 valence electrons. The van der Waals surface area contributed by atoms with Crippen LogP contribution >= 0.6 is 0 Å². The van der Waals surface area contributed by atoms with Gasteiger partial charge in [-0.25, -0.2) is 4.79 Å². The lowest BCUT2D eigenvalue weighted by Gasteiger charge is -2.04. The molecular weight excluding hydrogens is 304 g/mol. The Balaban J connectivity index is 1.45. The summed E-state index contributed by atoms with van der Waals surface area (Å²) in [5, 5.41) is 5.36. The van der Waals surface area contributed by atoms with Gasteiger partial charge >= 0.3 is 6.09 Å². The monoisotopic (exact) mass is 320 g/mol. The molecule has 1 aliphatic rings. The minimum Gasteiger partial charge on any atom is -0.445 e. The third kappa shape index (κ3) is 4.14. The molecule has 0 atom stereocenters. The van der Waals surface area contributed by atoms with Gasteiger partial charge in [0.15, 0.2) is 0 Å². The van der Waals surface area contributed by atoms with E-state index in [1.165, 1.54) is 0 Å². The van der Waals surface area contributed by atoms with E-state index in [4.69, 9.17) is 4.74 Å². The molecule has 2 N–H and O–H groups in total. The van der Waals surface area contributed by atoms with Gasteiger partial charge in [0, 0.05) is 11.3 Å². The van der Waals surface area contributed by atoms with Gasteiger partial charge in [0.1, 0.15) is 6.61 Å². The lowest BCUT2D eigenvalue weighted by molar-refractivity contribution is -0.115. The number of hydrogen-bond donors (Lipinski definition) is 2. The number of hydrogen-bond acceptors (Lipinski definition) is 3. The highest BCUT2D eigenvalue weighted by molar-refractivity contribution is 5.99. The number of amides is 2. The Hall–Kier alpha value is -3.26. The van der Waals surface area contributed by atoms with Gasteiger partial charge in [-0.2, -0.15) is 0 Å². The van der Waals surface area contributed by atoms with Crippen molar-refractivity contribution in [1.82, 2.24) is 5.32 Å². The fourth-order valence-electron chi connectivity index (χ4n) is 2.33. The zero-order valence-electron chi connectivity index (χ0n) is 13.0.